The van der Waals surface area contributed by atoms with Crippen molar-refractivity contribution in [2.24, 2.45) is 0 Å². The molecule has 1 unspecified atom stereocenters. The van der Waals surface area contributed by atoms with Crippen LogP contribution in [-0.4, -0.2) is 55.3 Å². The lowest BCUT2D eigenvalue weighted by atomic mass is 10.2. The first-order chi connectivity index (χ1) is 17.2. The maximum Gasteiger partial charge on any atom is 0.325 e. The number of ether oxygens (including phenoxy) is 5. The van der Waals surface area contributed by atoms with Gasteiger partial charge in [-0.25, -0.2) is 9.78 Å². The van der Waals surface area contributed by atoms with Crippen molar-refractivity contribution in [3.8, 4) is 23.4 Å². The van der Waals surface area contributed by atoms with Crippen molar-refractivity contribution in [2.45, 2.75) is 32.0 Å². The number of aromatic nitrogens is 2. The molecule has 1 saturated heterocycles. The van der Waals surface area contributed by atoms with Crippen molar-refractivity contribution in [1.29, 1.82) is 5.26 Å². The van der Waals surface area contributed by atoms with Gasteiger partial charge in [0.05, 0.1) is 25.1 Å². The van der Waals surface area contributed by atoms with E-state index in [1.54, 1.807) is 18.2 Å². The molecular formula is C24H27N5O6. The number of nitriles is 1. The summed E-state index contributed by atoms with van der Waals surface area (Å²) in [4.78, 5) is 20.8. The molecule has 0 spiro atoms. The molecule has 0 saturated carbocycles. The summed E-state index contributed by atoms with van der Waals surface area (Å²) in [5.41, 5.74) is 0.455. The van der Waals surface area contributed by atoms with Gasteiger partial charge in [0.2, 0.25) is 5.69 Å². The van der Waals surface area contributed by atoms with Gasteiger partial charge in [-0.15, -0.1) is 0 Å². The maximum atomic E-state index is 12.7. The van der Waals surface area contributed by atoms with Crippen molar-refractivity contribution in [3.05, 3.63) is 42.2 Å². The second-order valence-corrected chi connectivity index (χ2v) is 7.69. The van der Waals surface area contributed by atoms with Crippen LogP contribution in [0.5, 0.6) is 17.4 Å². The summed E-state index contributed by atoms with van der Waals surface area (Å²) in [5, 5.41) is 14.6. The van der Waals surface area contributed by atoms with Crippen LogP contribution in [0.4, 0.5) is 16.3 Å². The molecule has 11 nitrogen and oxygen atoms in total. The number of anilines is 2. The molecule has 1 atom stereocenters. The molecule has 1 aromatic heterocycles. The van der Waals surface area contributed by atoms with Crippen molar-refractivity contribution < 1.29 is 28.5 Å². The van der Waals surface area contributed by atoms with E-state index < -0.39 is 6.03 Å². The van der Waals surface area contributed by atoms with Crippen molar-refractivity contribution >= 4 is 17.5 Å². The highest BCUT2D eigenvalue weighted by Gasteiger charge is 2.15. The monoisotopic (exact) mass is 481 g/mol. The third-order valence-electron chi connectivity index (χ3n) is 5.11. The first-order valence-electron chi connectivity index (χ1n) is 11.5. The number of hydrogen-bond donors (Lipinski definition) is 2. The molecule has 2 amide bonds. The normalized spacial score (nSPS) is 19.2. The topological polar surface area (TPSA) is 137 Å². The molecular weight excluding hydrogens is 454 g/mol. The summed E-state index contributed by atoms with van der Waals surface area (Å²) >= 11 is 0. The van der Waals surface area contributed by atoms with Gasteiger partial charge in [-0.3, -0.25) is 5.32 Å². The van der Waals surface area contributed by atoms with Crippen LogP contribution >= 0.6 is 0 Å². The van der Waals surface area contributed by atoms with Crippen LogP contribution < -0.4 is 24.8 Å². The van der Waals surface area contributed by atoms with E-state index in [0.717, 1.165) is 25.9 Å². The lowest BCUT2D eigenvalue weighted by Gasteiger charge is -2.22. The molecule has 1 aromatic carbocycles. The van der Waals surface area contributed by atoms with Gasteiger partial charge in [0, 0.05) is 12.7 Å². The lowest BCUT2D eigenvalue weighted by molar-refractivity contribution is -0.165. The molecule has 184 valence electrons. The van der Waals surface area contributed by atoms with Crippen LogP contribution in [0, 0.1) is 11.3 Å². The Morgan fingerprint density at radius 1 is 1.14 bits per heavy atom. The van der Waals surface area contributed by atoms with E-state index in [2.05, 4.69) is 20.6 Å². The predicted octanol–water partition coefficient (Wildman–Crippen LogP) is 3.63. The maximum absolute atomic E-state index is 12.7. The second-order valence-electron chi connectivity index (χ2n) is 7.69. The minimum absolute atomic E-state index is 0.0405. The van der Waals surface area contributed by atoms with Gasteiger partial charge in [0.15, 0.2) is 12.1 Å². The fourth-order valence-corrected chi connectivity index (χ4v) is 3.43. The van der Waals surface area contributed by atoms with Gasteiger partial charge in [-0.1, -0.05) is 12.2 Å². The summed E-state index contributed by atoms with van der Waals surface area (Å²) in [6.07, 6.45) is 8.49. The van der Waals surface area contributed by atoms with Crippen LogP contribution in [0.1, 0.15) is 31.4 Å². The molecule has 2 aliphatic heterocycles. The molecule has 2 bridgehead atoms. The van der Waals surface area contributed by atoms with Crippen LogP contribution in [0.3, 0.4) is 0 Å². The Balaban J connectivity index is 1.43. The highest BCUT2D eigenvalue weighted by Crippen LogP contribution is 2.30. The molecule has 4 rings (SSSR count). The van der Waals surface area contributed by atoms with Crippen molar-refractivity contribution in [2.75, 3.05) is 43.7 Å². The highest BCUT2D eigenvalue weighted by atomic mass is 16.7. The molecule has 0 aliphatic carbocycles. The smallest absolute Gasteiger partial charge is 0.325 e. The van der Waals surface area contributed by atoms with E-state index in [1.165, 1.54) is 6.20 Å². The van der Waals surface area contributed by atoms with Crippen LogP contribution in [0.2, 0.25) is 0 Å². The standard InChI is InChI=1S/C24H27N5O6/c25-15-19-23-28-21(16-26-19)29-24(30)27-18-14-17(31-12-13-34-22-6-2-5-10-33-22)7-8-20(18)32-9-3-1-4-11-35-23/h1,3,7-8,14,16,22H,2,4-6,9-13H2,(H2,27,28,29,30)/b3-1-. The summed E-state index contributed by atoms with van der Waals surface area (Å²) < 4.78 is 28.4. The third-order valence-corrected chi connectivity index (χ3v) is 5.11. The number of fused-ring (bicyclic) bond motifs is 3. The third kappa shape index (κ3) is 7.30. The molecule has 2 N–H and O–H groups in total. The zero-order chi connectivity index (χ0) is 24.3. The summed E-state index contributed by atoms with van der Waals surface area (Å²) in [6.45, 7) is 2.03. The van der Waals surface area contributed by atoms with E-state index in [1.807, 2.05) is 18.2 Å². The average molecular weight is 482 g/mol. The van der Waals surface area contributed by atoms with E-state index in [9.17, 15) is 10.1 Å². The number of nitrogens with zero attached hydrogens (tertiary/aromatic N) is 3. The van der Waals surface area contributed by atoms with Crippen molar-refractivity contribution in [3.63, 3.8) is 0 Å². The Labute approximate surface area is 203 Å². The highest BCUT2D eigenvalue weighted by molar-refractivity contribution is 6.00. The van der Waals surface area contributed by atoms with Crippen LogP contribution in [0.25, 0.3) is 0 Å². The molecule has 3 heterocycles. The number of carbonyl (C=O) groups excluding carboxylic acids is 1. The quantitative estimate of drug-likeness (QED) is 0.484. The first-order valence-corrected chi connectivity index (χ1v) is 11.5. The Morgan fingerprint density at radius 2 is 2.09 bits per heavy atom. The largest absolute Gasteiger partial charge is 0.491 e. The number of rotatable bonds is 5. The number of amides is 2. The van der Waals surface area contributed by atoms with E-state index in [0.29, 0.717) is 50.0 Å². The second kappa shape index (κ2) is 12.5. The summed E-state index contributed by atoms with van der Waals surface area (Å²) in [5.74, 6) is 1.21. The number of benzene rings is 1. The predicted molar refractivity (Wildman–Crippen MR) is 126 cm³/mol. The molecule has 2 aromatic rings. The number of hydrogen-bond acceptors (Lipinski definition) is 9. The van der Waals surface area contributed by atoms with E-state index in [4.69, 9.17) is 23.7 Å². The van der Waals surface area contributed by atoms with Crippen molar-refractivity contribution in [1.82, 2.24) is 9.97 Å². The molecule has 0 radical (unpaired) electrons. The molecule has 11 heteroatoms. The Morgan fingerprint density at radius 3 is 2.94 bits per heavy atom. The van der Waals surface area contributed by atoms with Gasteiger partial charge in [-0.05, 0) is 37.8 Å². The van der Waals surface area contributed by atoms with Gasteiger partial charge in [0.25, 0.3) is 5.88 Å². The number of carbonyl (C=O) groups is 1. The molecule has 1 fully saturated rings. The summed E-state index contributed by atoms with van der Waals surface area (Å²) in [6, 6.07) is 6.52. The fraction of sp³-hybridized carbons (Fsp3) is 0.417. The minimum atomic E-state index is -0.569. The average Bonchev–Trinajstić information content (AvgIpc) is 2.87. The molecule has 2 aliphatic rings. The zero-order valence-corrected chi connectivity index (χ0v) is 19.2. The Bertz CT molecular complexity index is 1080. The van der Waals surface area contributed by atoms with Gasteiger partial charge in [0.1, 0.15) is 30.8 Å². The number of nitrogens with one attached hydrogen (secondary N) is 2. The van der Waals surface area contributed by atoms with Crippen LogP contribution in [-0.2, 0) is 9.47 Å². The van der Waals surface area contributed by atoms with Gasteiger partial charge in [-0.2, -0.15) is 10.2 Å². The fourth-order valence-electron chi connectivity index (χ4n) is 3.43. The zero-order valence-electron chi connectivity index (χ0n) is 19.2. The Hall–Kier alpha value is -3.88. The Kier molecular flexibility index (Phi) is 8.69. The molecule has 35 heavy (non-hydrogen) atoms. The van der Waals surface area contributed by atoms with E-state index in [-0.39, 0.29) is 23.7 Å². The van der Waals surface area contributed by atoms with E-state index >= 15 is 0 Å². The lowest BCUT2D eigenvalue weighted by Crippen LogP contribution is -2.24. The first kappa shape index (κ1) is 24.3. The number of urea groups is 1. The summed E-state index contributed by atoms with van der Waals surface area (Å²) in [7, 11) is 0. The van der Waals surface area contributed by atoms with Gasteiger partial charge >= 0.3 is 6.03 Å². The minimum Gasteiger partial charge on any atom is -0.491 e. The van der Waals surface area contributed by atoms with Crippen LogP contribution in [0.15, 0.2) is 36.5 Å². The van der Waals surface area contributed by atoms with Gasteiger partial charge < -0.3 is 29.0 Å². The SMILES string of the molecule is N#Cc1ncc2nc1OCC/C=C\COc1ccc(OCCOC3CCCCO3)cc1NC(=O)N2.